The fourth-order valence-corrected chi connectivity index (χ4v) is 3.19. The molecule has 1 saturated heterocycles. The first kappa shape index (κ1) is 18.4. The molecular weight excluding hydrogens is 329 g/mol. The number of carbonyl (C=O) groups is 2. The number of nitrogens with zero attached hydrogens (tertiary/aromatic N) is 2. The Kier molecular flexibility index (Phi) is 6.70. The van der Waals surface area contributed by atoms with Gasteiger partial charge < -0.3 is 19.2 Å². The molecule has 0 aliphatic carbocycles. The van der Waals surface area contributed by atoms with Crippen molar-refractivity contribution in [3.63, 3.8) is 0 Å². The van der Waals surface area contributed by atoms with E-state index in [1.165, 1.54) is 0 Å². The normalized spacial score (nSPS) is 18.9. The van der Waals surface area contributed by atoms with Crippen LogP contribution in [0.1, 0.15) is 18.4 Å². The van der Waals surface area contributed by atoms with Crippen LogP contribution in [0.2, 0.25) is 0 Å². The van der Waals surface area contributed by atoms with E-state index in [-0.39, 0.29) is 11.8 Å². The maximum Gasteiger partial charge on any atom is 0.226 e. The van der Waals surface area contributed by atoms with Crippen LogP contribution < -0.4 is 15.0 Å². The number of rotatable bonds is 8. The summed E-state index contributed by atoms with van der Waals surface area (Å²) >= 11 is 0. The summed E-state index contributed by atoms with van der Waals surface area (Å²) in [6.45, 7) is 1.13. The van der Waals surface area contributed by atoms with Gasteiger partial charge in [0, 0.05) is 30.6 Å². The lowest BCUT2D eigenvalue weighted by Crippen LogP contribution is -2.28. The molecule has 1 aliphatic rings. The number of ether oxygens (including phenoxy) is 2. The first-order chi connectivity index (χ1) is 11.6. The lowest BCUT2D eigenvalue weighted by atomic mass is 10.00. The summed E-state index contributed by atoms with van der Waals surface area (Å²) in [5, 5.41) is 0. The zero-order valence-corrected chi connectivity index (χ0v) is 14.7. The summed E-state index contributed by atoms with van der Waals surface area (Å²) in [6, 6.07) is 5.03. The Morgan fingerprint density at radius 1 is 1.46 bits per heavy atom. The molecular formula is C16H22N3O4P. The van der Waals surface area contributed by atoms with Gasteiger partial charge in [0.25, 0.3) is 0 Å². The average molecular weight is 351 g/mol. The van der Waals surface area contributed by atoms with Gasteiger partial charge in [-0.3, -0.25) is 10.3 Å². The van der Waals surface area contributed by atoms with Gasteiger partial charge in [-0.2, -0.15) is 0 Å². The largest absolute Gasteiger partial charge is 0.497 e. The topological polar surface area (TPSA) is 94.2 Å². The van der Waals surface area contributed by atoms with Gasteiger partial charge in [-0.05, 0) is 25.0 Å². The van der Waals surface area contributed by atoms with Crippen LogP contribution >= 0.6 is 8.52 Å². The van der Waals surface area contributed by atoms with E-state index in [1.54, 1.807) is 25.2 Å². The number of likely N-dealkylation sites (tertiary alicyclic amines) is 1. The lowest BCUT2D eigenvalue weighted by molar-refractivity contribution is -0.131. The molecule has 0 saturated carbocycles. The minimum atomic E-state index is -0.513. The number of benzene rings is 1. The van der Waals surface area contributed by atoms with E-state index in [1.807, 2.05) is 12.1 Å². The number of hydrogen-bond donors (Lipinski definition) is 1. The van der Waals surface area contributed by atoms with Crippen molar-refractivity contribution in [2.24, 2.45) is 16.2 Å². The molecule has 2 atom stereocenters. The number of hydrogen-bond acceptors (Lipinski definition) is 5. The van der Waals surface area contributed by atoms with Gasteiger partial charge in [-0.25, -0.2) is 4.74 Å². The number of carbonyl (C=O) groups excluding carboxylic acids is 2. The number of amides is 1. The smallest absolute Gasteiger partial charge is 0.226 e. The molecule has 1 aliphatic heterocycles. The van der Waals surface area contributed by atoms with Gasteiger partial charge in [0.15, 0.2) is 0 Å². The van der Waals surface area contributed by atoms with Crippen LogP contribution in [0.3, 0.4) is 0 Å². The number of aldehydes is 1. The molecule has 1 fully saturated rings. The first-order valence-corrected chi connectivity index (χ1v) is 8.59. The van der Waals surface area contributed by atoms with Gasteiger partial charge in [0.05, 0.1) is 22.7 Å². The monoisotopic (exact) mass is 351 g/mol. The van der Waals surface area contributed by atoms with Crippen LogP contribution in [0.15, 0.2) is 22.9 Å². The maximum atomic E-state index is 12.6. The summed E-state index contributed by atoms with van der Waals surface area (Å²) < 4.78 is 14.5. The van der Waals surface area contributed by atoms with Crippen LogP contribution in [-0.4, -0.2) is 43.9 Å². The summed E-state index contributed by atoms with van der Waals surface area (Å²) in [5.74, 6) is 1.25. The van der Waals surface area contributed by atoms with E-state index in [0.717, 1.165) is 18.3 Å². The zero-order chi connectivity index (χ0) is 17.5. The van der Waals surface area contributed by atoms with Gasteiger partial charge in [0.2, 0.25) is 5.91 Å². The summed E-state index contributed by atoms with van der Waals surface area (Å²) in [7, 11) is 3.51. The van der Waals surface area contributed by atoms with Crippen molar-refractivity contribution in [2.75, 3.05) is 20.8 Å². The third-order valence-electron chi connectivity index (χ3n) is 4.16. The Labute approximate surface area is 143 Å². The summed E-state index contributed by atoms with van der Waals surface area (Å²) in [4.78, 5) is 25.3. The molecule has 2 unspecified atom stereocenters. The molecule has 1 amide bonds. The molecule has 0 bridgehead atoms. The highest BCUT2D eigenvalue weighted by molar-refractivity contribution is 7.23. The molecule has 1 aromatic rings. The Bertz CT molecular complexity index is 623. The van der Waals surface area contributed by atoms with Crippen LogP contribution in [0.4, 0.5) is 0 Å². The van der Waals surface area contributed by atoms with Crippen molar-refractivity contribution in [3.05, 3.63) is 23.8 Å². The Hall–Kier alpha value is -1.98. The van der Waals surface area contributed by atoms with Crippen LogP contribution in [0.25, 0.3) is 0 Å². The fourth-order valence-electron chi connectivity index (χ4n) is 2.87. The second kappa shape index (κ2) is 8.76. The number of nitrogens with two attached hydrogens (primary N) is 1. The van der Waals surface area contributed by atoms with Gasteiger partial charge in [-0.1, -0.05) is 0 Å². The Balaban J connectivity index is 2.04. The van der Waals surface area contributed by atoms with Crippen molar-refractivity contribution in [3.8, 4) is 11.5 Å². The minimum absolute atomic E-state index is 0.0450. The van der Waals surface area contributed by atoms with Crippen molar-refractivity contribution < 1.29 is 19.1 Å². The molecule has 1 aromatic carbocycles. The van der Waals surface area contributed by atoms with Gasteiger partial charge >= 0.3 is 0 Å². The summed E-state index contributed by atoms with van der Waals surface area (Å²) in [5.41, 5.74) is 6.25. The van der Waals surface area contributed by atoms with Crippen molar-refractivity contribution in [1.82, 2.24) is 4.90 Å². The highest BCUT2D eigenvalue weighted by Crippen LogP contribution is 2.29. The van der Waals surface area contributed by atoms with Crippen molar-refractivity contribution in [1.29, 1.82) is 0 Å². The molecule has 1 heterocycles. The van der Waals surface area contributed by atoms with E-state index in [4.69, 9.17) is 15.0 Å². The summed E-state index contributed by atoms with van der Waals surface area (Å²) in [6.07, 6.45) is 1.89. The predicted molar refractivity (Wildman–Crippen MR) is 91.1 cm³/mol. The van der Waals surface area contributed by atoms with Crippen LogP contribution in [-0.2, 0) is 16.1 Å². The lowest BCUT2D eigenvalue weighted by Gasteiger charge is -2.19. The predicted octanol–water partition coefficient (Wildman–Crippen LogP) is 2.01. The molecule has 2 rings (SSSR count). The van der Waals surface area contributed by atoms with Crippen LogP contribution in [0, 0.1) is 5.92 Å². The van der Waals surface area contributed by atoms with E-state index in [9.17, 15) is 9.59 Å². The molecule has 0 aromatic heterocycles. The highest BCUT2D eigenvalue weighted by atomic mass is 31.1. The van der Waals surface area contributed by atoms with Crippen LogP contribution in [0.5, 0.6) is 11.5 Å². The molecule has 0 spiro atoms. The molecule has 7 nitrogen and oxygen atoms in total. The van der Waals surface area contributed by atoms with E-state index < -0.39 is 6.04 Å². The standard InChI is InChI=1S/C16H22N3O4P/c1-22-14-4-3-12(15(8-14)23-2)9-19-6-5-11(16(19)21)7-13(10-20)18-24-17/h3-4,8,10-11,13H,5-7,9H2,1-2H3,(H2,17,18). The van der Waals surface area contributed by atoms with E-state index >= 15 is 0 Å². The third kappa shape index (κ3) is 4.30. The van der Waals surface area contributed by atoms with Crippen molar-refractivity contribution >= 4 is 20.7 Å². The third-order valence-corrected chi connectivity index (χ3v) is 4.59. The molecule has 0 radical (unpaired) electrons. The molecule has 24 heavy (non-hydrogen) atoms. The highest BCUT2D eigenvalue weighted by Gasteiger charge is 2.33. The SMILES string of the molecule is COc1ccc(CN2CCC(CC(C=O)N=PN)C2=O)c(OC)c1. The fraction of sp³-hybridized carbons (Fsp3) is 0.500. The quantitative estimate of drug-likeness (QED) is 0.571. The second-order valence-corrected chi connectivity index (χ2v) is 6.06. The van der Waals surface area contributed by atoms with E-state index in [0.29, 0.717) is 39.5 Å². The average Bonchev–Trinajstić information content (AvgIpc) is 2.94. The van der Waals surface area contributed by atoms with E-state index in [2.05, 4.69) is 4.74 Å². The van der Waals surface area contributed by atoms with Gasteiger partial charge in [0.1, 0.15) is 23.8 Å². The minimum Gasteiger partial charge on any atom is -0.497 e. The second-order valence-electron chi connectivity index (χ2n) is 5.59. The number of methoxy groups -OCH3 is 2. The van der Waals surface area contributed by atoms with Crippen molar-refractivity contribution in [2.45, 2.75) is 25.4 Å². The maximum absolute atomic E-state index is 12.6. The Morgan fingerprint density at radius 2 is 2.25 bits per heavy atom. The molecule has 2 N–H and O–H groups in total. The first-order valence-electron chi connectivity index (χ1n) is 7.68. The zero-order valence-electron chi connectivity index (χ0n) is 13.8. The molecule has 130 valence electrons. The molecule has 8 heteroatoms. The Morgan fingerprint density at radius 3 is 2.88 bits per heavy atom. The van der Waals surface area contributed by atoms with Gasteiger partial charge in [-0.15, -0.1) is 0 Å².